The molecule has 0 aliphatic carbocycles. The van der Waals surface area contributed by atoms with Crippen molar-refractivity contribution in [3.63, 3.8) is 0 Å². The number of aromatic nitrogens is 1. The van der Waals surface area contributed by atoms with Crippen molar-refractivity contribution in [3.05, 3.63) is 65.1 Å². The van der Waals surface area contributed by atoms with E-state index in [9.17, 15) is 21.6 Å². The zero-order valence-corrected chi connectivity index (χ0v) is 13.7. The van der Waals surface area contributed by atoms with Crippen molar-refractivity contribution in [2.45, 2.75) is 17.9 Å². The smallest absolute Gasteiger partial charge is 0.249 e. The fourth-order valence-electron chi connectivity index (χ4n) is 3.22. The van der Waals surface area contributed by atoms with Gasteiger partial charge in [-0.15, -0.1) is 0 Å². The van der Waals surface area contributed by atoms with E-state index < -0.39 is 32.4 Å². The summed E-state index contributed by atoms with van der Waals surface area (Å²) in [5.74, 6) is -2.69. The molecule has 0 saturated carbocycles. The topological polar surface area (TPSA) is 53.2 Å². The molecular weight excluding hydrogens is 353 g/mol. The molecule has 0 spiro atoms. The minimum Gasteiger partial charge on any atom is -0.358 e. The van der Waals surface area contributed by atoms with Gasteiger partial charge in [0.25, 0.3) is 0 Å². The first-order valence-electron chi connectivity index (χ1n) is 7.61. The number of fused-ring (bicyclic) bond motifs is 3. The molecule has 2 aromatic carbocycles. The summed E-state index contributed by atoms with van der Waals surface area (Å²) in [4.78, 5) is 2.19. The second kappa shape index (κ2) is 5.60. The molecule has 4 rings (SSSR count). The van der Waals surface area contributed by atoms with Gasteiger partial charge in [-0.25, -0.2) is 21.6 Å². The van der Waals surface area contributed by atoms with Crippen LogP contribution in [0, 0.1) is 17.5 Å². The summed E-state index contributed by atoms with van der Waals surface area (Å²) in [6.07, 6.45) is 0.348. The monoisotopic (exact) mass is 366 g/mol. The Morgan fingerprint density at radius 1 is 1.04 bits per heavy atom. The Kier molecular flexibility index (Phi) is 3.62. The van der Waals surface area contributed by atoms with Crippen LogP contribution in [0.15, 0.2) is 41.3 Å². The molecule has 1 aliphatic rings. The van der Waals surface area contributed by atoms with Crippen LogP contribution in [-0.2, 0) is 23.0 Å². The molecule has 0 atom stereocenters. The SMILES string of the molecule is O=S(=O)(c1c(F)cccc1F)N1CCc2[nH]c3ccc(F)cc3c2C1. The van der Waals surface area contributed by atoms with Crippen molar-refractivity contribution < 1.29 is 21.6 Å². The first-order valence-corrected chi connectivity index (χ1v) is 9.05. The molecule has 4 nitrogen and oxygen atoms in total. The lowest BCUT2D eigenvalue weighted by Gasteiger charge is -2.26. The van der Waals surface area contributed by atoms with Crippen LogP contribution in [0.25, 0.3) is 10.9 Å². The van der Waals surface area contributed by atoms with Crippen molar-refractivity contribution in [1.29, 1.82) is 0 Å². The van der Waals surface area contributed by atoms with Crippen molar-refractivity contribution >= 4 is 20.9 Å². The summed E-state index contributed by atoms with van der Waals surface area (Å²) in [5.41, 5.74) is 2.13. The van der Waals surface area contributed by atoms with Gasteiger partial charge in [0, 0.05) is 36.1 Å². The summed E-state index contributed by atoms with van der Waals surface area (Å²) in [6.45, 7) is 0.00725. The summed E-state index contributed by atoms with van der Waals surface area (Å²) in [7, 11) is -4.35. The summed E-state index contributed by atoms with van der Waals surface area (Å²) < 4.78 is 67.9. The quantitative estimate of drug-likeness (QED) is 0.756. The van der Waals surface area contributed by atoms with Gasteiger partial charge >= 0.3 is 0 Å². The number of halogens is 3. The van der Waals surface area contributed by atoms with Crippen LogP contribution in [-0.4, -0.2) is 24.3 Å². The van der Waals surface area contributed by atoms with Gasteiger partial charge in [-0.1, -0.05) is 6.07 Å². The predicted molar refractivity (Wildman–Crippen MR) is 85.9 cm³/mol. The number of H-pyrrole nitrogens is 1. The van der Waals surface area contributed by atoms with E-state index in [1.807, 2.05) is 0 Å². The molecule has 1 aliphatic heterocycles. The highest BCUT2D eigenvalue weighted by molar-refractivity contribution is 7.89. The fraction of sp³-hybridized carbons (Fsp3) is 0.176. The Bertz CT molecular complexity index is 1070. The predicted octanol–water partition coefficient (Wildman–Crippen LogP) is 3.33. The number of sulfonamides is 1. The minimum absolute atomic E-state index is 0.0745. The third-order valence-electron chi connectivity index (χ3n) is 4.42. The van der Waals surface area contributed by atoms with E-state index in [1.165, 1.54) is 12.1 Å². The second-order valence-electron chi connectivity index (χ2n) is 5.91. The van der Waals surface area contributed by atoms with Crippen molar-refractivity contribution in [1.82, 2.24) is 9.29 Å². The van der Waals surface area contributed by atoms with E-state index in [1.54, 1.807) is 6.07 Å². The molecule has 0 unspecified atom stereocenters. The lowest BCUT2D eigenvalue weighted by atomic mass is 10.1. The fourth-order valence-corrected chi connectivity index (χ4v) is 4.74. The summed E-state index contributed by atoms with van der Waals surface area (Å²) >= 11 is 0. The number of nitrogens with zero attached hydrogens (tertiary/aromatic N) is 1. The first kappa shape index (κ1) is 16.2. The van der Waals surface area contributed by atoms with E-state index in [-0.39, 0.29) is 13.1 Å². The third-order valence-corrected chi connectivity index (χ3v) is 6.32. The molecule has 1 N–H and O–H groups in total. The Morgan fingerprint density at radius 2 is 1.76 bits per heavy atom. The Morgan fingerprint density at radius 3 is 2.48 bits per heavy atom. The van der Waals surface area contributed by atoms with Crippen molar-refractivity contribution in [2.24, 2.45) is 0 Å². The molecule has 25 heavy (non-hydrogen) atoms. The number of hydrogen-bond donors (Lipinski definition) is 1. The Labute approximate surface area is 141 Å². The molecule has 0 bridgehead atoms. The zero-order chi connectivity index (χ0) is 17.8. The van der Waals surface area contributed by atoms with E-state index in [0.29, 0.717) is 22.9 Å². The maximum atomic E-state index is 13.9. The molecule has 2 heterocycles. The zero-order valence-electron chi connectivity index (χ0n) is 12.9. The van der Waals surface area contributed by atoms with E-state index in [4.69, 9.17) is 0 Å². The molecule has 1 aromatic heterocycles. The number of nitrogens with one attached hydrogen (secondary N) is 1. The number of rotatable bonds is 2. The highest BCUT2D eigenvalue weighted by Crippen LogP contribution is 2.32. The van der Waals surface area contributed by atoms with Crippen LogP contribution in [0.3, 0.4) is 0 Å². The molecule has 0 saturated heterocycles. The van der Waals surface area contributed by atoms with Crippen LogP contribution < -0.4 is 0 Å². The molecule has 0 radical (unpaired) electrons. The largest absolute Gasteiger partial charge is 0.358 e. The van der Waals surface area contributed by atoms with Gasteiger partial charge in [0.2, 0.25) is 10.0 Å². The van der Waals surface area contributed by atoms with Gasteiger partial charge < -0.3 is 4.98 Å². The van der Waals surface area contributed by atoms with Crippen LogP contribution in [0.5, 0.6) is 0 Å². The van der Waals surface area contributed by atoms with Crippen LogP contribution in [0.1, 0.15) is 11.3 Å². The van der Waals surface area contributed by atoms with Crippen LogP contribution in [0.2, 0.25) is 0 Å². The van der Waals surface area contributed by atoms with Gasteiger partial charge in [0.15, 0.2) is 4.90 Å². The van der Waals surface area contributed by atoms with Gasteiger partial charge in [0.05, 0.1) is 0 Å². The first-order chi connectivity index (χ1) is 11.9. The molecule has 3 aromatic rings. The molecular formula is C17H13F3N2O2S. The molecule has 130 valence electrons. The van der Waals surface area contributed by atoms with Crippen LogP contribution in [0.4, 0.5) is 13.2 Å². The van der Waals surface area contributed by atoms with Gasteiger partial charge in [0.1, 0.15) is 17.5 Å². The third kappa shape index (κ3) is 2.52. The molecule has 8 heteroatoms. The Hall–Kier alpha value is -2.32. The van der Waals surface area contributed by atoms with Crippen molar-refractivity contribution in [2.75, 3.05) is 6.54 Å². The normalized spacial score (nSPS) is 15.5. The summed E-state index contributed by atoms with van der Waals surface area (Å²) in [5, 5.41) is 0.573. The number of aromatic amines is 1. The molecule has 0 amide bonds. The highest BCUT2D eigenvalue weighted by atomic mass is 32.2. The van der Waals surface area contributed by atoms with E-state index in [2.05, 4.69) is 4.98 Å². The number of hydrogen-bond acceptors (Lipinski definition) is 2. The van der Waals surface area contributed by atoms with Crippen molar-refractivity contribution in [3.8, 4) is 0 Å². The van der Waals surface area contributed by atoms with E-state index in [0.717, 1.165) is 28.2 Å². The van der Waals surface area contributed by atoms with Gasteiger partial charge in [-0.2, -0.15) is 4.31 Å². The summed E-state index contributed by atoms with van der Waals surface area (Å²) in [6, 6.07) is 7.15. The number of benzene rings is 2. The highest BCUT2D eigenvalue weighted by Gasteiger charge is 2.34. The maximum absolute atomic E-state index is 13.9. The lowest BCUT2D eigenvalue weighted by Crippen LogP contribution is -2.36. The van der Waals surface area contributed by atoms with Gasteiger partial charge in [-0.05, 0) is 35.9 Å². The van der Waals surface area contributed by atoms with Gasteiger partial charge in [-0.3, -0.25) is 0 Å². The molecule has 0 fully saturated rings. The Balaban J connectivity index is 1.80. The standard InChI is InChI=1S/C17H13F3N2O2S/c18-10-4-5-15-11(8-10)12-9-22(7-6-16(12)21-15)25(23,24)17-13(19)2-1-3-14(17)20/h1-5,8,21H,6-7,9H2. The van der Waals surface area contributed by atoms with Crippen LogP contribution >= 0.6 is 0 Å². The average Bonchev–Trinajstić information content (AvgIpc) is 2.91. The lowest BCUT2D eigenvalue weighted by molar-refractivity contribution is 0.384. The average molecular weight is 366 g/mol. The maximum Gasteiger partial charge on any atom is 0.249 e. The van der Waals surface area contributed by atoms with E-state index >= 15 is 0 Å². The second-order valence-corrected chi connectivity index (χ2v) is 7.79. The minimum atomic E-state index is -4.35.